The third-order valence-electron chi connectivity index (χ3n) is 4.72. The zero-order valence-corrected chi connectivity index (χ0v) is 18.7. The minimum absolute atomic E-state index is 0.00886. The molecular formula is C19H24FN4O8P. The van der Waals surface area contributed by atoms with Crippen molar-refractivity contribution < 1.29 is 37.4 Å². The first-order valence-electron chi connectivity index (χ1n) is 9.84. The second-order valence-corrected chi connectivity index (χ2v) is 8.88. The SMILES string of the molecule is COC(=O)[C@H](C)NP(=O)(OC[C@H]1O[C@@H](n2ccc(N)nc2=O)CC1O)Oc1ccc(F)cc1. The summed E-state index contributed by atoms with van der Waals surface area (Å²) in [6.45, 7) is 0.960. The van der Waals surface area contributed by atoms with Gasteiger partial charge >= 0.3 is 19.4 Å². The topological polar surface area (TPSA) is 164 Å². The van der Waals surface area contributed by atoms with Crippen LogP contribution in [-0.4, -0.2) is 52.6 Å². The average molecular weight is 486 g/mol. The monoisotopic (exact) mass is 486 g/mol. The highest BCUT2D eigenvalue weighted by molar-refractivity contribution is 7.52. The normalized spacial score (nSPS) is 23.0. The second-order valence-electron chi connectivity index (χ2n) is 7.19. The molecule has 0 bridgehead atoms. The van der Waals surface area contributed by atoms with Gasteiger partial charge in [-0.05, 0) is 37.3 Å². The number of halogens is 1. The van der Waals surface area contributed by atoms with Crippen molar-refractivity contribution in [1.82, 2.24) is 14.6 Å². The molecule has 1 aromatic heterocycles. The Balaban J connectivity index is 1.72. The molecule has 1 fully saturated rings. The van der Waals surface area contributed by atoms with E-state index < -0.39 is 56.3 Å². The van der Waals surface area contributed by atoms with Gasteiger partial charge in [-0.25, -0.2) is 13.8 Å². The minimum Gasteiger partial charge on any atom is -0.468 e. The fraction of sp³-hybridized carbons (Fsp3) is 0.421. The molecule has 0 saturated carbocycles. The van der Waals surface area contributed by atoms with Gasteiger partial charge in [0.2, 0.25) is 0 Å². The van der Waals surface area contributed by atoms with Gasteiger partial charge in [0, 0.05) is 12.6 Å². The van der Waals surface area contributed by atoms with Crippen LogP contribution in [0.3, 0.4) is 0 Å². The number of nitrogen functional groups attached to an aromatic ring is 1. The summed E-state index contributed by atoms with van der Waals surface area (Å²) in [4.78, 5) is 27.4. The third kappa shape index (κ3) is 6.36. The molecule has 12 nitrogen and oxygen atoms in total. The zero-order valence-electron chi connectivity index (χ0n) is 17.8. The van der Waals surface area contributed by atoms with Crippen molar-refractivity contribution in [2.75, 3.05) is 19.5 Å². The molecule has 180 valence electrons. The van der Waals surface area contributed by atoms with E-state index in [1.54, 1.807) is 0 Å². The van der Waals surface area contributed by atoms with E-state index in [9.17, 15) is 23.7 Å². The maximum atomic E-state index is 13.3. The molecule has 1 saturated heterocycles. The summed E-state index contributed by atoms with van der Waals surface area (Å²) in [6, 6.07) is 4.97. The number of aromatic nitrogens is 2. The summed E-state index contributed by atoms with van der Waals surface area (Å²) in [5.41, 5.74) is 4.82. The molecule has 33 heavy (non-hydrogen) atoms. The Labute approximate surface area is 188 Å². The maximum absolute atomic E-state index is 13.3. The first kappa shape index (κ1) is 24.8. The van der Waals surface area contributed by atoms with Gasteiger partial charge in [0.1, 0.15) is 35.8 Å². The van der Waals surface area contributed by atoms with Gasteiger partial charge in [-0.15, -0.1) is 0 Å². The molecule has 4 N–H and O–H groups in total. The number of carbonyl (C=O) groups excluding carboxylic acids is 1. The summed E-state index contributed by atoms with van der Waals surface area (Å²) in [5.74, 6) is -1.21. The highest BCUT2D eigenvalue weighted by Gasteiger charge is 2.39. The molecule has 1 aliphatic heterocycles. The van der Waals surface area contributed by atoms with E-state index in [-0.39, 0.29) is 18.0 Å². The van der Waals surface area contributed by atoms with Crippen molar-refractivity contribution in [1.29, 1.82) is 0 Å². The Bertz CT molecular complexity index is 1080. The van der Waals surface area contributed by atoms with Crippen molar-refractivity contribution in [3.05, 3.63) is 52.8 Å². The van der Waals surface area contributed by atoms with E-state index in [2.05, 4.69) is 14.8 Å². The van der Waals surface area contributed by atoms with E-state index in [0.29, 0.717) is 0 Å². The van der Waals surface area contributed by atoms with Crippen LogP contribution in [-0.2, 0) is 23.4 Å². The Kier molecular flexibility index (Phi) is 7.82. The smallest absolute Gasteiger partial charge is 0.459 e. The van der Waals surface area contributed by atoms with Crippen LogP contribution in [0.25, 0.3) is 0 Å². The molecule has 5 atom stereocenters. The second kappa shape index (κ2) is 10.4. The van der Waals surface area contributed by atoms with E-state index in [4.69, 9.17) is 19.5 Å². The molecule has 1 aromatic carbocycles. The van der Waals surface area contributed by atoms with Gasteiger partial charge < -0.3 is 24.8 Å². The van der Waals surface area contributed by atoms with E-state index >= 15 is 0 Å². The number of ether oxygens (including phenoxy) is 2. The number of esters is 1. The number of nitrogens with zero attached hydrogens (tertiary/aromatic N) is 2. The number of nitrogens with one attached hydrogen (secondary N) is 1. The van der Waals surface area contributed by atoms with E-state index in [1.165, 1.54) is 31.3 Å². The van der Waals surface area contributed by atoms with Gasteiger partial charge in [0.25, 0.3) is 0 Å². The number of benzene rings is 1. The lowest BCUT2D eigenvalue weighted by molar-refractivity contribution is -0.142. The number of carbonyl (C=O) groups is 1. The maximum Gasteiger partial charge on any atom is 0.459 e. The lowest BCUT2D eigenvalue weighted by Gasteiger charge is -2.24. The highest BCUT2D eigenvalue weighted by Crippen LogP contribution is 2.46. The van der Waals surface area contributed by atoms with Gasteiger partial charge in [-0.1, -0.05) is 0 Å². The third-order valence-corrected chi connectivity index (χ3v) is 6.36. The Morgan fingerprint density at radius 3 is 2.76 bits per heavy atom. The van der Waals surface area contributed by atoms with E-state index in [0.717, 1.165) is 23.8 Å². The Hall–Kier alpha value is -2.83. The van der Waals surface area contributed by atoms with Crippen LogP contribution in [0.4, 0.5) is 10.2 Å². The van der Waals surface area contributed by atoms with Gasteiger partial charge in [0.15, 0.2) is 0 Å². The number of hydrogen-bond donors (Lipinski definition) is 3. The number of methoxy groups -OCH3 is 1. The fourth-order valence-electron chi connectivity index (χ4n) is 3.04. The standard InChI is InChI=1S/C19H24FN4O8P/c1-11(18(26)29-2)23-33(28,32-13-5-3-12(20)4-6-13)30-10-15-14(25)9-17(31-15)24-8-7-16(21)22-19(24)27/h3-8,11,14-15,17,25H,9-10H2,1-2H3,(H,23,28)(H2,21,22,27)/t11-,14?,15+,17+,33?/m0/s1. The first-order valence-corrected chi connectivity index (χ1v) is 11.4. The Morgan fingerprint density at radius 2 is 2.12 bits per heavy atom. The predicted molar refractivity (Wildman–Crippen MR) is 113 cm³/mol. The van der Waals surface area contributed by atoms with Crippen LogP contribution in [0, 0.1) is 5.82 Å². The molecule has 2 aromatic rings. The minimum atomic E-state index is -4.23. The molecule has 3 rings (SSSR count). The highest BCUT2D eigenvalue weighted by atomic mass is 31.2. The van der Waals surface area contributed by atoms with Crippen molar-refractivity contribution >= 4 is 19.5 Å². The van der Waals surface area contributed by atoms with Crippen LogP contribution < -0.4 is 21.0 Å². The van der Waals surface area contributed by atoms with Crippen LogP contribution in [0.15, 0.2) is 41.3 Å². The van der Waals surface area contributed by atoms with Crippen LogP contribution >= 0.6 is 7.75 Å². The number of aliphatic hydroxyl groups is 1. The largest absolute Gasteiger partial charge is 0.468 e. The summed E-state index contributed by atoms with van der Waals surface area (Å²) >= 11 is 0. The van der Waals surface area contributed by atoms with Crippen molar-refractivity contribution in [2.24, 2.45) is 0 Å². The van der Waals surface area contributed by atoms with Crippen LogP contribution in [0.1, 0.15) is 19.6 Å². The Morgan fingerprint density at radius 1 is 1.42 bits per heavy atom. The number of nitrogens with two attached hydrogens (primary N) is 1. The van der Waals surface area contributed by atoms with Crippen molar-refractivity contribution in [3.8, 4) is 5.75 Å². The molecule has 1 aliphatic rings. The van der Waals surface area contributed by atoms with Gasteiger partial charge in [0.05, 0.1) is 19.8 Å². The zero-order chi connectivity index (χ0) is 24.2. The van der Waals surface area contributed by atoms with Crippen LogP contribution in [0.5, 0.6) is 5.75 Å². The molecule has 14 heteroatoms. The number of hydrogen-bond acceptors (Lipinski definition) is 10. The first-order chi connectivity index (χ1) is 15.6. The fourth-order valence-corrected chi connectivity index (χ4v) is 4.55. The summed E-state index contributed by atoms with van der Waals surface area (Å²) in [6.07, 6.45) is -1.49. The number of aliphatic hydroxyl groups excluding tert-OH is 1. The molecular weight excluding hydrogens is 462 g/mol. The average Bonchev–Trinajstić information content (AvgIpc) is 3.13. The quantitative estimate of drug-likeness (QED) is 0.342. The molecule has 0 radical (unpaired) electrons. The summed E-state index contributed by atoms with van der Waals surface area (Å²) < 4.78 is 48.8. The van der Waals surface area contributed by atoms with Crippen LogP contribution in [0.2, 0.25) is 0 Å². The molecule has 0 aliphatic carbocycles. The van der Waals surface area contributed by atoms with Gasteiger partial charge in [-0.3, -0.25) is 13.9 Å². The lowest BCUT2D eigenvalue weighted by atomic mass is 10.2. The van der Waals surface area contributed by atoms with Crippen molar-refractivity contribution in [2.45, 2.75) is 37.8 Å². The lowest BCUT2D eigenvalue weighted by Crippen LogP contribution is -2.36. The number of anilines is 1. The molecule has 2 unspecified atom stereocenters. The molecule has 0 amide bonds. The molecule has 0 spiro atoms. The number of rotatable bonds is 9. The predicted octanol–water partition coefficient (Wildman–Crippen LogP) is 0.968. The summed E-state index contributed by atoms with van der Waals surface area (Å²) in [7, 11) is -3.07. The van der Waals surface area contributed by atoms with E-state index in [1.807, 2.05) is 0 Å². The summed E-state index contributed by atoms with van der Waals surface area (Å²) in [5, 5.41) is 12.8. The van der Waals surface area contributed by atoms with Gasteiger partial charge in [-0.2, -0.15) is 10.1 Å². The van der Waals surface area contributed by atoms with Crippen molar-refractivity contribution in [3.63, 3.8) is 0 Å². The molecule has 2 heterocycles.